The topological polar surface area (TPSA) is 107 Å². The lowest BCUT2D eigenvalue weighted by molar-refractivity contribution is -0.383. The molecule has 0 heterocycles. The predicted molar refractivity (Wildman–Crippen MR) is 68.9 cm³/mol. The molecule has 0 spiro atoms. The summed E-state index contributed by atoms with van der Waals surface area (Å²) in [6.07, 6.45) is 3.12. The molecule has 0 radical (unpaired) electrons. The van der Waals surface area contributed by atoms with Crippen LogP contribution >= 0.6 is 0 Å². The molecule has 0 aliphatic rings. The van der Waals surface area contributed by atoms with E-state index in [1.807, 2.05) is 0 Å². The molecule has 0 saturated heterocycles. The number of benzene rings is 1. The van der Waals surface area contributed by atoms with Crippen LogP contribution in [0.1, 0.15) is 19.3 Å². The van der Waals surface area contributed by atoms with Gasteiger partial charge in [-0.3, -0.25) is 10.1 Å². The van der Waals surface area contributed by atoms with Crippen LogP contribution in [-0.2, 0) is 0 Å². The van der Waals surface area contributed by atoms with Crippen molar-refractivity contribution in [3.05, 3.63) is 28.3 Å². The number of hydrogen-bond acceptors (Lipinski definition) is 5. The number of nitro groups is 1. The maximum absolute atomic E-state index is 10.6. The van der Waals surface area contributed by atoms with E-state index in [4.69, 9.17) is 11.5 Å². The number of anilines is 2. The third-order valence-corrected chi connectivity index (χ3v) is 2.43. The molecule has 0 aliphatic heterocycles. The Kier molecular flexibility index (Phi) is 5.22. The first-order valence-electron chi connectivity index (χ1n) is 5.63. The standard InChI is InChI=1S/C11H18N4O2/c12-6-2-1-3-7-14-9-4-5-11(15(16)17)10(13)8-9/h4-5,8,14H,1-3,6-7,12-13H2. The number of rotatable bonds is 7. The summed E-state index contributed by atoms with van der Waals surface area (Å²) in [4.78, 5) is 10.1. The van der Waals surface area contributed by atoms with Crippen LogP contribution in [0.15, 0.2) is 18.2 Å². The highest BCUT2D eigenvalue weighted by molar-refractivity contribution is 5.65. The second-order valence-corrected chi connectivity index (χ2v) is 3.81. The quantitative estimate of drug-likeness (QED) is 0.290. The van der Waals surface area contributed by atoms with Crippen LogP contribution < -0.4 is 16.8 Å². The number of hydrogen-bond donors (Lipinski definition) is 3. The van der Waals surface area contributed by atoms with E-state index in [-0.39, 0.29) is 11.4 Å². The van der Waals surface area contributed by atoms with Gasteiger partial charge in [0.25, 0.3) is 5.69 Å². The van der Waals surface area contributed by atoms with Crippen molar-refractivity contribution in [2.45, 2.75) is 19.3 Å². The Morgan fingerprint density at radius 3 is 2.65 bits per heavy atom. The SMILES string of the molecule is NCCCCCNc1ccc([N+](=O)[O-])c(N)c1. The maximum atomic E-state index is 10.6. The molecule has 0 aliphatic carbocycles. The highest BCUT2D eigenvalue weighted by Gasteiger charge is 2.10. The first kappa shape index (κ1) is 13.2. The highest BCUT2D eigenvalue weighted by Crippen LogP contribution is 2.24. The Bertz CT molecular complexity index is 382. The Morgan fingerprint density at radius 2 is 2.06 bits per heavy atom. The van der Waals surface area contributed by atoms with E-state index in [0.717, 1.165) is 31.5 Å². The number of unbranched alkanes of at least 4 members (excludes halogenated alkanes) is 2. The molecule has 1 aromatic rings. The van der Waals surface area contributed by atoms with Gasteiger partial charge in [0.2, 0.25) is 0 Å². The molecule has 0 amide bonds. The van der Waals surface area contributed by atoms with Crippen molar-refractivity contribution < 1.29 is 4.92 Å². The van der Waals surface area contributed by atoms with Gasteiger partial charge in [0.15, 0.2) is 0 Å². The fourth-order valence-corrected chi connectivity index (χ4v) is 1.51. The second-order valence-electron chi connectivity index (χ2n) is 3.81. The first-order chi connectivity index (χ1) is 8.15. The minimum Gasteiger partial charge on any atom is -0.393 e. The van der Waals surface area contributed by atoms with Crippen molar-refractivity contribution in [2.75, 3.05) is 24.1 Å². The average Bonchev–Trinajstić information content (AvgIpc) is 2.28. The average molecular weight is 238 g/mol. The second kappa shape index (κ2) is 6.70. The summed E-state index contributed by atoms with van der Waals surface area (Å²) in [5, 5.41) is 13.7. The fraction of sp³-hybridized carbons (Fsp3) is 0.455. The lowest BCUT2D eigenvalue weighted by Crippen LogP contribution is -2.04. The zero-order chi connectivity index (χ0) is 12.7. The van der Waals surface area contributed by atoms with Crippen molar-refractivity contribution in [1.82, 2.24) is 0 Å². The Labute approximate surface area is 100 Å². The third-order valence-electron chi connectivity index (χ3n) is 2.43. The number of nitrogens with zero attached hydrogens (tertiary/aromatic N) is 1. The van der Waals surface area contributed by atoms with Gasteiger partial charge in [0.05, 0.1) is 4.92 Å². The Balaban J connectivity index is 2.45. The van der Waals surface area contributed by atoms with Crippen LogP contribution in [0.4, 0.5) is 17.1 Å². The van der Waals surface area contributed by atoms with E-state index in [1.54, 1.807) is 12.1 Å². The van der Waals surface area contributed by atoms with Gasteiger partial charge >= 0.3 is 0 Å². The van der Waals surface area contributed by atoms with E-state index < -0.39 is 4.92 Å². The monoisotopic (exact) mass is 238 g/mol. The van der Waals surface area contributed by atoms with E-state index in [0.29, 0.717) is 6.54 Å². The van der Waals surface area contributed by atoms with Crippen LogP contribution in [0.25, 0.3) is 0 Å². The Hall–Kier alpha value is -1.82. The van der Waals surface area contributed by atoms with Crippen LogP contribution in [0.5, 0.6) is 0 Å². The molecule has 6 nitrogen and oxygen atoms in total. The maximum Gasteiger partial charge on any atom is 0.292 e. The summed E-state index contributed by atoms with van der Waals surface area (Å²) in [6, 6.07) is 4.66. The van der Waals surface area contributed by atoms with Crippen molar-refractivity contribution in [1.29, 1.82) is 0 Å². The first-order valence-corrected chi connectivity index (χ1v) is 5.63. The van der Waals surface area contributed by atoms with E-state index in [2.05, 4.69) is 5.32 Å². The predicted octanol–water partition coefficient (Wildman–Crippen LogP) is 1.72. The number of nitro benzene ring substituents is 1. The summed E-state index contributed by atoms with van der Waals surface area (Å²) in [6.45, 7) is 1.53. The minimum atomic E-state index is -0.486. The summed E-state index contributed by atoms with van der Waals surface area (Å²) in [7, 11) is 0. The molecular weight excluding hydrogens is 220 g/mol. The normalized spacial score (nSPS) is 10.2. The van der Waals surface area contributed by atoms with E-state index >= 15 is 0 Å². The van der Waals surface area contributed by atoms with Gasteiger partial charge in [-0.2, -0.15) is 0 Å². The smallest absolute Gasteiger partial charge is 0.292 e. The molecule has 1 aromatic carbocycles. The van der Waals surface area contributed by atoms with Gasteiger partial charge in [-0.15, -0.1) is 0 Å². The van der Waals surface area contributed by atoms with Gasteiger partial charge < -0.3 is 16.8 Å². The van der Waals surface area contributed by atoms with E-state index in [1.165, 1.54) is 6.07 Å². The zero-order valence-corrected chi connectivity index (χ0v) is 9.69. The van der Waals surface area contributed by atoms with Gasteiger partial charge in [-0.05, 0) is 31.5 Å². The molecule has 17 heavy (non-hydrogen) atoms. The molecule has 6 heteroatoms. The lowest BCUT2D eigenvalue weighted by Gasteiger charge is -2.06. The van der Waals surface area contributed by atoms with Gasteiger partial charge in [-0.1, -0.05) is 6.42 Å². The van der Waals surface area contributed by atoms with Crippen LogP contribution in [0, 0.1) is 10.1 Å². The molecular formula is C11H18N4O2. The number of nitrogens with two attached hydrogens (primary N) is 2. The number of nitrogens with one attached hydrogen (secondary N) is 1. The summed E-state index contributed by atoms with van der Waals surface area (Å²) in [5.74, 6) is 0. The molecule has 5 N–H and O–H groups in total. The summed E-state index contributed by atoms with van der Waals surface area (Å²) in [5.41, 5.74) is 11.9. The van der Waals surface area contributed by atoms with Gasteiger partial charge in [-0.25, -0.2) is 0 Å². The highest BCUT2D eigenvalue weighted by atomic mass is 16.6. The van der Waals surface area contributed by atoms with Crippen molar-refractivity contribution >= 4 is 17.1 Å². The molecule has 1 rings (SSSR count). The molecule has 0 fully saturated rings. The minimum absolute atomic E-state index is 0.0568. The van der Waals surface area contributed by atoms with Gasteiger partial charge in [0, 0.05) is 18.3 Å². The van der Waals surface area contributed by atoms with Crippen molar-refractivity contribution in [3.8, 4) is 0 Å². The molecule has 94 valence electrons. The third kappa shape index (κ3) is 4.28. The van der Waals surface area contributed by atoms with Crippen molar-refractivity contribution in [2.24, 2.45) is 5.73 Å². The van der Waals surface area contributed by atoms with Crippen LogP contribution in [0.3, 0.4) is 0 Å². The van der Waals surface area contributed by atoms with Crippen molar-refractivity contribution in [3.63, 3.8) is 0 Å². The summed E-state index contributed by atoms with van der Waals surface area (Å²) < 4.78 is 0. The lowest BCUT2D eigenvalue weighted by atomic mass is 10.2. The molecule has 0 atom stereocenters. The fourth-order valence-electron chi connectivity index (χ4n) is 1.51. The molecule has 0 bridgehead atoms. The molecule has 0 saturated carbocycles. The largest absolute Gasteiger partial charge is 0.393 e. The van der Waals surface area contributed by atoms with Crippen LogP contribution in [-0.4, -0.2) is 18.0 Å². The van der Waals surface area contributed by atoms with E-state index in [9.17, 15) is 10.1 Å². The molecule has 0 unspecified atom stereocenters. The molecule has 0 aromatic heterocycles. The Morgan fingerprint density at radius 1 is 1.29 bits per heavy atom. The summed E-state index contributed by atoms with van der Waals surface area (Å²) >= 11 is 0. The van der Waals surface area contributed by atoms with Crippen LogP contribution in [0.2, 0.25) is 0 Å². The number of nitrogen functional groups attached to an aromatic ring is 1. The van der Waals surface area contributed by atoms with Gasteiger partial charge in [0.1, 0.15) is 5.69 Å². The zero-order valence-electron chi connectivity index (χ0n) is 9.69.